The number of hydrogen-bond acceptors (Lipinski definition) is 9. The number of benzene rings is 1. The number of rotatable bonds is 5. The maximum absolute atomic E-state index is 14.4. The first-order valence-electron chi connectivity index (χ1n) is 13.3. The monoisotopic (exact) mass is 524 g/mol. The number of nitro benzene ring substituents is 1. The van der Waals surface area contributed by atoms with Crippen molar-refractivity contribution in [3.63, 3.8) is 0 Å². The number of anilines is 2. The minimum absolute atomic E-state index is 0.215. The van der Waals surface area contributed by atoms with E-state index in [1.54, 1.807) is 0 Å². The molecular formula is C26H34BFN6O4. The molecule has 0 unspecified atom stereocenters. The fourth-order valence-electron chi connectivity index (χ4n) is 6.11. The van der Waals surface area contributed by atoms with Crippen molar-refractivity contribution in [1.82, 2.24) is 14.9 Å². The van der Waals surface area contributed by atoms with Gasteiger partial charge in [-0.3, -0.25) is 15.0 Å². The van der Waals surface area contributed by atoms with Gasteiger partial charge in [0, 0.05) is 74.6 Å². The van der Waals surface area contributed by atoms with E-state index >= 15 is 0 Å². The van der Waals surface area contributed by atoms with Gasteiger partial charge in [-0.1, -0.05) is 0 Å². The minimum Gasteiger partial charge on any atom is -0.399 e. The first-order valence-corrected chi connectivity index (χ1v) is 13.3. The molecule has 4 aliphatic heterocycles. The van der Waals surface area contributed by atoms with Gasteiger partial charge in [-0.2, -0.15) is 0 Å². The Kier molecular flexibility index (Phi) is 5.93. The van der Waals surface area contributed by atoms with Crippen LogP contribution in [-0.2, 0) is 9.31 Å². The maximum Gasteiger partial charge on any atom is 0.498 e. The molecule has 2 aromatic rings. The summed E-state index contributed by atoms with van der Waals surface area (Å²) in [5, 5.41) is 10.9. The van der Waals surface area contributed by atoms with Gasteiger partial charge in [-0.05, 0) is 46.6 Å². The molecule has 4 aliphatic rings. The molecule has 6 rings (SSSR count). The van der Waals surface area contributed by atoms with Crippen molar-refractivity contribution in [2.75, 3.05) is 49.1 Å². The number of nitro groups is 1. The van der Waals surface area contributed by atoms with Gasteiger partial charge in [-0.15, -0.1) is 0 Å². The molecule has 4 fully saturated rings. The quantitative estimate of drug-likeness (QED) is 0.332. The van der Waals surface area contributed by atoms with Crippen LogP contribution in [0.3, 0.4) is 0 Å². The van der Waals surface area contributed by atoms with Crippen LogP contribution in [0.25, 0.3) is 0 Å². The highest BCUT2D eigenvalue weighted by atomic mass is 19.1. The molecule has 5 heterocycles. The maximum atomic E-state index is 14.4. The Bertz CT molecular complexity index is 1210. The van der Waals surface area contributed by atoms with E-state index in [1.165, 1.54) is 12.1 Å². The number of aromatic nitrogens is 2. The molecular weight excluding hydrogens is 490 g/mol. The molecule has 0 N–H and O–H groups in total. The van der Waals surface area contributed by atoms with Gasteiger partial charge in [0.05, 0.1) is 27.9 Å². The van der Waals surface area contributed by atoms with E-state index in [0.29, 0.717) is 17.1 Å². The van der Waals surface area contributed by atoms with Gasteiger partial charge in [0.2, 0.25) is 5.95 Å². The summed E-state index contributed by atoms with van der Waals surface area (Å²) >= 11 is 0. The molecule has 0 aliphatic carbocycles. The van der Waals surface area contributed by atoms with Crippen molar-refractivity contribution in [2.45, 2.75) is 57.8 Å². The molecule has 0 radical (unpaired) electrons. The standard InChI is InChI=1S/C26H34BFN6O4/c1-24(2)25(3,4)38-27(37-24)18-12-29-23(30-13-18)33-16-26(17-33)14-32(15-26)19-7-9-31(10-8-19)22-6-5-20(34(35)36)11-21(22)28/h5-6,11-13,19H,7-10,14-17H2,1-4H3. The fraction of sp³-hybridized carbons (Fsp3) is 0.615. The van der Waals surface area contributed by atoms with Crippen molar-refractivity contribution in [3.8, 4) is 0 Å². The highest BCUT2D eigenvalue weighted by Crippen LogP contribution is 2.43. The van der Waals surface area contributed by atoms with Crippen LogP contribution in [0.15, 0.2) is 30.6 Å². The van der Waals surface area contributed by atoms with Crippen molar-refractivity contribution in [2.24, 2.45) is 5.41 Å². The summed E-state index contributed by atoms with van der Waals surface area (Å²) in [5.74, 6) is 0.217. The molecule has 1 spiro atoms. The van der Waals surface area contributed by atoms with E-state index in [1.807, 2.05) is 45.0 Å². The summed E-state index contributed by atoms with van der Waals surface area (Å²) in [6.45, 7) is 13.7. The third-order valence-electron chi connectivity index (χ3n) is 9.06. The second kappa shape index (κ2) is 8.85. The van der Waals surface area contributed by atoms with Gasteiger partial charge in [-0.25, -0.2) is 14.4 Å². The second-order valence-corrected chi connectivity index (χ2v) is 12.3. The largest absolute Gasteiger partial charge is 0.498 e. The lowest BCUT2D eigenvalue weighted by Crippen LogP contribution is -2.74. The topological polar surface area (TPSA) is 97.1 Å². The van der Waals surface area contributed by atoms with E-state index in [9.17, 15) is 14.5 Å². The highest BCUT2D eigenvalue weighted by Gasteiger charge is 2.54. The third kappa shape index (κ3) is 4.32. The number of non-ortho nitro benzene ring substituents is 1. The first-order chi connectivity index (χ1) is 18.0. The molecule has 202 valence electrons. The summed E-state index contributed by atoms with van der Waals surface area (Å²) in [6, 6.07) is 4.40. The average molecular weight is 524 g/mol. The van der Waals surface area contributed by atoms with Crippen LogP contribution in [0.5, 0.6) is 0 Å². The Balaban J connectivity index is 0.974. The fourth-order valence-corrected chi connectivity index (χ4v) is 6.11. The summed E-state index contributed by atoms with van der Waals surface area (Å²) in [6.07, 6.45) is 5.54. The molecule has 0 saturated carbocycles. The van der Waals surface area contributed by atoms with Crippen LogP contribution in [0.1, 0.15) is 40.5 Å². The van der Waals surface area contributed by atoms with E-state index in [0.717, 1.165) is 69.6 Å². The van der Waals surface area contributed by atoms with Crippen LogP contribution in [0.2, 0.25) is 0 Å². The normalized spacial score (nSPS) is 24.4. The van der Waals surface area contributed by atoms with Crippen LogP contribution in [0, 0.1) is 21.3 Å². The molecule has 12 heteroatoms. The first kappa shape index (κ1) is 25.5. The zero-order valence-electron chi connectivity index (χ0n) is 22.4. The number of hydrogen-bond donors (Lipinski definition) is 0. The SMILES string of the molecule is CC1(C)OB(c2cnc(N3CC4(C3)CN(C3CCN(c5ccc([N+](=O)[O-])cc5F)CC3)C4)nc2)OC1(C)C. The Morgan fingerprint density at radius 2 is 1.61 bits per heavy atom. The summed E-state index contributed by atoms with van der Waals surface area (Å²) in [5.41, 5.74) is 0.579. The number of nitrogens with zero attached hydrogens (tertiary/aromatic N) is 6. The van der Waals surface area contributed by atoms with Gasteiger partial charge in [0.1, 0.15) is 0 Å². The van der Waals surface area contributed by atoms with Crippen LogP contribution >= 0.6 is 0 Å². The van der Waals surface area contributed by atoms with E-state index in [-0.39, 0.29) is 5.69 Å². The lowest BCUT2D eigenvalue weighted by atomic mass is 9.71. The van der Waals surface area contributed by atoms with Gasteiger partial charge in [0.15, 0.2) is 5.82 Å². The Labute approximate surface area is 222 Å². The third-order valence-corrected chi connectivity index (χ3v) is 9.06. The van der Waals surface area contributed by atoms with Gasteiger partial charge in [0.25, 0.3) is 5.69 Å². The van der Waals surface area contributed by atoms with E-state index in [2.05, 4.69) is 19.8 Å². The zero-order valence-corrected chi connectivity index (χ0v) is 22.4. The lowest BCUT2D eigenvalue weighted by Gasteiger charge is -2.62. The Hall–Kier alpha value is -2.83. The lowest BCUT2D eigenvalue weighted by molar-refractivity contribution is -0.385. The van der Waals surface area contributed by atoms with Crippen molar-refractivity contribution >= 4 is 29.9 Å². The smallest absolute Gasteiger partial charge is 0.399 e. The van der Waals surface area contributed by atoms with Gasteiger partial charge >= 0.3 is 7.12 Å². The summed E-state index contributed by atoms with van der Waals surface area (Å²) < 4.78 is 26.6. The second-order valence-electron chi connectivity index (χ2n) is 12.3. The molecule has 1 aromatic heterocycles. The molecule has 0 atom stereocenters. The molecule has 4 saturated heterocycles. The van der Waals surface area contributed by atoms with Crippen molar-refractivity contribution < 1.29 is 18.6 Å². The molecule has 10 nitrogen and oxygen atoms in total. The van der Waals surface area contributed by atoms with E-state index in [4.69, 9.17) is 9.31 Å². The Morgan fingerprint density at radius 3 is 2.16 bits per heavy atom. The summed E-state index contributed by atoms with van der Waals surface area (Å²) in [4.78, 5) is 26.3. The summed E-state index contributed by atoms with van der Waals surface area (Å²) in [7, 11) is -0.458. The number of piperidine rings is 1. The number of likely N-dealkylation sites (tertiary alicyclic amines) is 1. The zero-order chi connectivity index (χ0) is 26.9. The van der Waals surface area contributed by atoms with E-state index < -0.39 is 29.1 Å². The number of halogens is 1. The van der Waals surface area contributed by atoms with Crippen molar-refractivity contribution in [3.05, 3.63) is 46.5 Å². The van der Waals surface area contributed by atoms with Crippen LogP contribution in [0.4, 0.5) is 21.7 Å². The predicted molar refractivity (Wildman–Crippen MR) is 142 cm³/mol. The molecule has 0 bridgehead atoms. The molecule has 0 amide bonds. The predicted octanol–water partition coefficient (Wildman–Crippen LogP) is 2.61. The minimum atomic E-state index is -0.566. The van der Waals surface area contributed by atoms with Crippen LogP contribution < -0.4 is 15.3 Å². The average Bonchev–Trinajstić information content (AvgIpc) is 3.05. The highest BCUT2D eigenvalue weighted by molar-refractivity contribution is 6.61. The van der Waals surface area contributed by atoms with Gasteiger partial charge < -0.3 is 19.1 Å². The molecule has 38 heavy (non-hydrogen) atoms. The Morgan fingerprint density at radius 1 is 1.00 bits per heavy atom. The van der Waals surface area contributed by atoms with Crippen LogP contribution in [-0.4, -0.2) is 83.4 Å². The molecule has 1 aromatic carbocycles. The van der Waals surface area contributed by atoms with Crippen molar-refractivity contribution in [1.29, 1.82) is 0 Å².